The lowest BCUT2D eigenvalue weighted by molar-refractivity contribution is 0.0817. The van der Waals surface area contributed by atoms with Gasteiger partial charge >= 0.3 is 0 Å². The van der Waals surface area contributed by atoms with Gasteiger partial charge in [-0.1, -0.05) is 30.5 Å². The first-order chi connectivity index (χ1) is 9.60. The Kier molecular flexibility index (Phi) is 4.02. The molecular weight excluding hydrogens is 275 g/mol. The number of rotatable bonds is 2. The summed E-state index contributed by atoms with van der Waals surface area (Å²) >= 11 is 6.17. The predicted octanol–water partition coefficient (Wildman–Crippen LogP) is 3.59. The monoisotopic (exact) mass is 296 g/mol. The molecule has 1 heterocycles. The average Bonchev–Trinajstić information content (AvgIpc) is 2.87. The van der Waals surface area contributed by atoms with Crippen LogP contribution < -0.4 is 5.32 Å². The van der Waals surface area contributed by atoms with Gasteiger partial charge in [0.05, 0.1) is 0 Å². The summed E-state index contributed by atoms with van der Waals surface area (Å²) in [6.45, 7) is 4.78. The lowest BCUT2D eigenvalue weighted by Gasteiger charge is -2.45. The molecule has 1 aliphatic carbocycles. The maximum Gasteiger partial charge on any atom is 0.129 e. The van der Waals surface area contributed by atoms with Gasteiger partial charge in [0.15, 0.2) is 0 Å². The molecule has 0 radical (unpaired) electrons. The van der Waals surface area contributed by atoms with E-state index < -0.39 is 0 Å². The van der Waals surface area contributed by atoms with Gasteiger partial charge < -0.3 is 5.32 Å². The highest BCUT2D eigenvalue weighted by Gasteiger charge is 2.40. The van der Waals surface area contributed by atoms with Crippen LogP contribution in [-0.4, -0.2) is 29.6 Å². The third kappa shape index (κ3) is 2.72. The van der Waals surface area contributed by atoms with Crippen LogP contribution in [0.1, 0.15) is 38.2 Å². The quantitative estimate of drug-likeness (QED) is 0.897. The molecule has 1 aromatic rings. The highest BCUT2D eigenvalue weighted by molar-refractivity contribution is 6.31. The summed E-state index contributed by atoms with van der Waals surface area (Å²) in [7, 11) is 0. The highest BCUT2D eigenvalue weighted by Crippen LogP contribution is 2.34. The van der Waals surface area contributed by atoms with E-state index in [1.807, 2.05) is 0 Å². The summed E-state index contributed by atoms with van der Waals surface area (Å²) in [4.78, 5) is 2.38. The molecule has 4 heteroatoms. The van der Waals surface area contributed by atoms with Crippen molar-refractivity contribution in [3.05, 3.63) is 34.6 Å². The van der Waals surface area contributed by atoms with Gasteiger partial charge in [-0.05, 0) is 31.9 Å². The van der Waals surface area contributed by atoms with Crippen LogP contribution in [0.15, 0.2) is 18.2 Å². The molecule has 0 aromatic heterocycles. The topological polar surface area (TPSA) is 15.3 Å². The molecule has 0 amide bonds. The van der Waals surface area contributed by atoms with Crippen LogP contribution in [-0.2, 0) is 6.54 Å². The minimum absolute atomic E-state index is 0.191. The minimum atomic E-state index is -0.191. The molecule has 0 bridgehead atoms. The Morgan fingerprint density at radius 3 is 2.85 bits per heavy atom. The molecule has 1 aliphatic heterocycles. The lowest BCUT2D eigenvalue weighted by Crippen LogP contribution is -2.62. The molecule has 1 saturated carbocycles. The van der Waals surface area contributed by atoms with E-state index in [0.29, 0.717) is 23.2 Å². The Bertz CT molecular complexity index is 465. The van der Waals surface area contributed by atoms with Gasteiger partial charge in [-0.25, -0.2) is 4.39 Å². The van der Waals surface area contributed by atoms with Gasteiger partial charge in [0.25, 0.3) is 0 Å². The van der Waals surface area contributed by atoms with Crippen molar-refractivity contribution in [2.45, 2.75) is 50.7 Å². The molecule has 3 rings (SSSR count). The van der Waals surface area contributed by atoms with Crippen molar-refractivity contribution in [2.75, 3.05) is 13.1 Å². The van der Waals surface area contributed by atoms with Crippen molar-refractivity contribution in [2.24, 2.45) is 0 Å². The summed E-state index contributed by atoms with van der Waals surface area (Å²) in [5.74, 6) is -0.191. The molecule has 1 spiro atoms. The Morgan fingerprint density at radius 1 is 1.40 bits per heavy atom. The second-order valence-electron chi connectivity index (χ2n) is 6.32. The van der Waals surface area contributed by atoms with Gasteiger partial charge in [0.2, 0.25) is 0 Å². The third-order valence-corrected chi connectivity index (χ3v) is 5.24. The van der Waals surface area contributed by atoms with Crippen LogP contribution >= 0.6 is 11.6 Å². The number of hydrogen-bond acceptors (Lipinski definition) is 2. The molecule has 2 fully saturated rings. The molecule has 1 saturated heterocycles. The van der Waals surface area contributed by atoms with Crippen LogP contribution in [0.3, 0.4) is 0 Å². The van der Waals surface area contributed by atoms with Crippen LogP contribution in [0.25, 0.3) is 0 Å². The van der Waals surface area contributed by atoms with E-state index >= 15 is 0 Å². The van der Waals surface area contributed by atoms with Crippen LogP contribution in [0.2, 0.25) is 5.02 Å². The SMILES string of the molecule is CC1CNC2(CCCC2)CN1Cc1c(F)cccc1Cl. The van der Waals surface area contributed by atoms with E-state index in [0.717, 1.165) is 13.1 Å². The van der Waals surface area contributed by atoms with E-state index in [4.69, 9.17) is 11.6 Å². The first kappa shape index (κ1) is 14.3. The first-order valence-electron chi connectivity index (χ1n) is 7.52. The minimum Gasteiger partial charge on any atom is -0.308 e. The summed E-state index contributed by atoms with van der Waals surface area (Å²) in [5.41, 5.74) is 0.889. The second-order valence-corrected chi connectivity index (χ2v) is 6.73. The number of nitrogens with zero attached hydrogens (tertiary/aromatic N) is 1. The van der Waals surface area contributed by atoms with Gasteiger partial charge in [-0.15, -0.1) is 0 Å². The van der Waals surface area contributed by atoms with Gasteiger partial charge in [0.1, 0.15) is 5.82 Å². The molecule has 2 nitrogen and oxygen atoms in total. The van der Waals surface area contributed by atoms with Crippen molar-refractivity contribution in [3.8, 4) is 0 Å². The number of halogens is 2. The molecule has 1 unspecified atom stereocenters. The van der Waals surface area contributed by atoms with E-state index in [1.165, 1.54) is 31.7 Å². The second kappa shape index (κ2) is 5.63. The maximum atomic E-state index is 14.0. The molecule has 2 aliphatic rings. The van der Waals surface area contributed by atoms with Crippen LogP contribution in [0.4, 0.5) is 4.39 Å². The van der Waals surface area contributed by atoms with Crippen molar-refractivity contribution in [3.63, 3.8) is 0 Å². The zero-order valence-corrected chi connectivity index (χ0v) is 12.7. The number of piperazine rings is 1. The summed E-state index contributed by atoms with van der Waals surface area (Å²) in [5, 5.41) is 4.26. The van der Waals surface area contributed by atoms with Crippen molar-refractivity contribution < 1.29 is 4.39 Å². The summed E-state index contributed by atoms with van der Waals surface area (Å²) in [6, 6.07) is 5.36. The van der Waals surface area contributed by atoms with E-state index in [1.54, 1.807) is 12.1 Å². The first-order valence-corrected chi connectivity index (χ1v) is 7.89. The number of nitrogens with one attached hydrogen (secondary N) is 1. The van der Waals surface area contributed by atoms with Crippen LogP contribution in [0.5, 0.6) is 0 Å². The van der Waals surface area contributed by atoms with Gasteiger partial charge in [-0.3, -0.25) is 4.90 Å². The van der Waals surface area contributed by atoms with E-state index in [9.17, 15) is 4.39 Å². The summed E-state index contributed by atoms with van der Waals surface area (Å²) < 4.78 is 14.0. The molecule has 1 N–H and O–H groups in total. The average molecular weight is 297 g/mol. The smallest absolute Gasteiger partial charge is 0.129 e. The fourth-order valence-electron chi connectivity index (χ4n) is 3.58. The standard InChI is InChI=1S/C16H22ClFN2/c1-12-9-19-16(7-2-3-8-16)11-20(12)10-13-14(17)5-4-6-15(13)18/h4-6,12,19H,2-3,7-11H2,1H3. The largest absolute Gasteiger partial charge is 0.308 e. The Labute approximate surface area is 125 Å². The predicted molar refractivity (Wildman–Crippen MR) is 80.5 cm³/mol. The van der Waals surface area contributed by atoms with Gasteiger partial charge in [0, 0.05) is 41.8 Å². The van der Waals surface area contributed by atoms with E-state index in [-0.39, 0.29) is 11.4 Å². The molecule has 1 aromatic carbocycles. The Balaban J connectivity index is 1.78. The van der Waals surface area contributed by atoms with Crippen molar-refractivity contribution in [1.82, 2.24) is 10.2 Å². The van der Waals surface area contributed by atoms with Crippen LogP contribution in [0, 0.1) is 5.82 Å². The third-order valence-electron chi connectivity index (χ3n) is 4.89. The molecule has 110 valence electrons. The number of hydrogen-bond donors (Lipinski definition) is 1. The van der Waals surface area contributed by atoms with Gasteiger partial charge in [-0.2, -0.15) is 0 Å². The maximum absolute atomic E-state index is 14.0. The molecular formula is C16H22ClFN2. The lowest BCUT2D eigenvalue weighted by atomic mass is 9.92. The fraction of sp³-hybridized carbons (Fsp3) is 0.625. The zero-order chi connectivity index (χ0) is 14.2. The normalized spacial score (nSPS) is 26.2. The van der Waals surface area contributed by atoms with E-state index in [2.05, 4.69) is 17.1 Å². The zero-order valence-electron chi connectivity index (χ0n) is 12.0. The van der Waals surface area contributed by atoms with Crippen molar-refractivity contribution in [1.29, 1.82) is 0 Å². The number of benzene rings is 1. The van der Waals surface area contributed by atoms with Crippen molar-refractivity contribution >= 4 is 11.6 Å². The fourth-order valence-corrected chi connectivity index (χ4v) is 3.80. The molecule has 20 heavy (non-hydrogen) atoms. The highest BCUT2D eigenvalue weighted by atomic mass is 35.5. The Morgan fingerprint density at radius 2 is 2.15 bits per heavy atom. The Hall–Kier alpha value is -0.640. The summed E-state index contributed by atoms with van der Waals surface area (Å²) in [6.07, 6.45) is 5.08. The molecule has 1 atom stereocenters.